The van der Waals surface area contributed by atoms with Gasteiger partial charge in [0, 0.05) is 25.2 Å². The maximum Gasteiger partial charge on any atom is 0.270 e. The van der Waals surface area contributed by atoms with Gasteiger partial charge in [-0.3, -0.25) is 19.8 Å². The zero-order valence-corrected chi connectivity index (χ0v) is 21.6. The third-order valence-corrected chi connectivity index (χ3v) is 7.99. The van der Waals surface area contributed by atoms with Gasteiger partial charge in [0.2, 0.25) is 5.91 Å². The molecule has 0 aliphatic heterocycles. The molecular formula is C22H27ClN4O5S2. The molecule has 0 fully saturated rings. The van der Waals surface area contributed by atoms with E-state index in [-0.39, 0.29) is 29.5 Å². The van der Waals surface area contributed by atoms with Crippen molar-refractivity contribution < 1.29 is 18.1 Å². The number of fused-ring (bicyclic) bond motifs is 1. The highest BCUT2D eigenvalue weighted by Gasteiger charge is 2.27. The summed E-state index contributed by atoms with van der Waals surface area (Å²) in [5.41, 5.74) is 1.37. The standard InChI is InChI=1S/C22H26N4O5S2.ClH/c1-4-24(5-2)12-13-25(21(27)15-33(30,31)18-9-6-16(3)7-10-18)22-23-19-11-8-17(26(28)29)14-20(19)32-22;/h6-11,14H,4-5,12-13,15H2,1-3H3;1H. The predicted octanol–water partition coefficient (Wildman–Crippen LogP) is 4.08. The summed E-state index contributed by atoms with van der Waals surface area (Å²) in [4.78, 5) is 31.9. The summed E-state index contributed by atoms with van der Waals surface area (Å²) >= 11 is 1.13. The van der Waals surface area contributed by atoms with Crippen LogP contribution in [0.4, 0.5) is 10.8 Å². The fourth-order valence-corrected chi connectivity index (χ4v) is 5.55. The number of aryl methyl sites for hydroxylation is 1. The maximum absolute atomic E-state index is 13.2. The maximum atomic E-state index is 13.2. The number of halogens is 1. The number of non-ortho nitro benzene ring substituents is 1. The number of aromatic nitrogens is 1. The van der Waals surface area contributed by atoms with Crippen molar-refractivity contribution in [2.75, 3.05) is 36.8 Å². The van der Waals surface area contributed by atoms with E-state index in [1.165, 1.54) is 35.2 Å². The van der Waals surface area contributed by atoms with Crippen molar-refractivity contribution in [3.63, 3.8) is 0 Å². The van der Waals surface area contributed by atoms with E-state index in [9.17, 15) is 23.3 Å². The zero-order valence-electron chi connectivity index (χ0n) is 19.1. The number of benzene rings is 2. The molecule has 1 aromatic heterocycles. The third kappa shape index (κ3) is 6.50. The van der Waals surface area contributed by atoms with Crippen LogP contribution in [0.15, 0.2) is 47.4 Å². The van der Waals surface area contributed by atoms with E-state index in [0.717, 1.165) is 30.0 Å². The van der Waals surface area contributed by atoms with Gasteiger partial charge in [0.15, 0.2) is 15.0 Å². The molecule has 3 rings (SSSR count). The van der Waals surface area contributed by atoms with Crippen molar-refractivity contribution in [1.29, 1.82) is 0 Å². The second-order valence-corrected chi connectivity index (χ2v) is 10.5. The molecule has 0 saturated heterocycles. The monoisotopic (exact) mass is 526 g/mol. The van der Waals surface area contributed by atoms with E-state index in [4.69, 9.17) is 0 Å². The van der Waals surface area contributed by atoms with Crippen LogP contribution < -0.4 is 4.90 Å². The number of rotatable bonds is 10. The number of anilines is 1. The first kappa shape index (κ1) is 27.6. The zero-order chi connectivity index (χ0) is 24.2. The van der Waals surface area contributed by atoms with E-state index < -0.39 is 26.4 Å². The van der Waals surface area contributed by atoms with Gasteiger partial charge in [-0.25, -0.2) is 13.4 Å². The van der Waals surface area contributed by atoms with Crippen molar-refractivity contribution >= 4 is 60.5 Å². The minimum absolute atomic E-state index is 0. The number of hydrogen-bond acceptors (Lipinski definition) is 8. The summed E-state index contributed by atoms with van der Waals surface area (Å²) in [5, 5.41) is 11.4. The first-order valence-electron chi connectivity index (χ1n) is 10.5. The van der Waals surface area contributed by atoms with Crippen LogP contribution in [0, 0.1) is 17.0 Å². The number of carbonyl (C=O) groups excluding carboxylic acids is 1. The second-order valence-electron chi connectivity index (χ2n) is 7.55. The first-order valence-corrected chi connectivity index (χ1v) is 13.0. The molecule has 12 heteroatoms. The molecule has 3 aromatic rings. The topological polar surface area (TPSA) is 114 Å². The Kier molecular flexibility index (Phi) is 9.51. The lowest BCUT2D eigenvalue weighted by Gasteiger charge is -2.24. The molecule has 0 unspecified atom stereocenters. The minimum atomic E-state index is -3.84. The Morgan fingerprint density at radius 2 is 1.74 bits per heavy atom. The van der Waals surface area contributed by atoms with Gasteiger partial charge in [0.05, 0.1) is 20.0 Å². The van der Waals surface area contributed by atoms with Crippen LogP contribution in [0.2, 0.25) is 0 Å². The largest absolute Gasteiger partial charge is 0.302 e. The quantitative estimate of drug-likeness (QED) is 0.289. The fraction of sp³-hybridized carbons (Fsp3) is 0.364. The van der Waals surface area contributed by atoms with Gasteiger partial charge in [-0.2, -0.15) is 0 Å². The van der Waals surface area contributed by atoms with E-state index in [2.05, 4.69) is 9.88 Å². The van der Waals surface area contributed by atoms with Crippen molar-refractivity contribution in [2.45, 2.75) is 25.7 Å². The molecule has 1 amide bonds. The molecular weight excluding hydrogens is 500 g/mol. The second kappa shape index (κ2) is 11.7. The molecule has 2 aromatic carbocycles. The smallest absolute Gasteiger partial charge is 0.270 e. The number of hydrogen-bond donors (Lipinski definition) is 0. The molecule has 1 heterocycles. The van der Waals surface area contributed by atoms with Crippen LogP contribution in [0.1, 0.15) is 19.4 Å². The van der Waals surface area contributed by atoms with E-state index in [1.807, 2.05) is 20.8 Å². The van der Waals surface area contributed by atoms with Gasteiger partial charge in [-0.1, -0.05) is 42.9 Å². The lowest BCUT2D eigenvalue weighted by Crippen LogP contribution is -2.41. The highest BCUT2D eigenvalue weighted by Crippen LogP contribution is 2.31. The number of nitrogens with zero attached hydrogens (tertiary/aromatic N) is 4. The molecule has 0 saturated carbocycles. The van der Waals surface area contributed by atoms with E-state index in [1.54, 1.807) is 12.1 Å². The van der Waals surface area contributed by atoms with Crippen LogP contribution in [0.5, 0.6) is 0 Å². The van der Waals surface area contributed by atoms with Crippen molar-refractivity contribution in [3.8, 4) is 0 Å². The highest BCUT2D eigenvalue weighted by atomic mass is 35.5. The summed E-state index contributed by atoms with van der Waals surface area (Å²) in [6.45, 7) is 8.24. The van der Waals surface area contributed by atoms with Crippen molar-refractivity contribution in [3.05, 3.63) is 58.1 Å². The Labute approximate surface area is 208 Å². The average molecular weight is 527 g/mol. The van der Waals surface area contributed by atoms with Gasteiger partial charge in [-0.15, -0.1) is 12.4 Å². The molecule has 0 aliphatic carbocycles. The van der Waals surface area contributed by atoms with Crippen LogP contribution in [0.3, 0.4) is 0 Å². The molecule has 0 bridgehead atoms. The van der Waals surface area contributed by atoms with Gasteiger partial charge in [-0.05, 0) is 38.2 Å². The number of carbonyl (C=O) groups is 1. The van der Waals surface area contributed by atoms with Crippen molar-refractivity contribution in [1.82, 2.24) is 9.88 Å². The van der Waals surface area contributed by atoms with Crippen LogP contribution in [-0.4, -0.2) is 61.1 Å². The Bertz CT molecular complexity index is 1260. The third-order valence-electron chi connectivity index (χ3n) is 5.33. The molecule has 0 radical (unpaired) electrons. The minimum Gasteiger partial charge on any atom is -0.302 e. The Hall–Kier alpha value is -2.60. The van der Waals surface area contributed by atoms with E-state index >= 15 is 0 Å². The molecule has 0 atom stereocenters. The predicted molar refractivity (Wildman–Crippen MR) is 137 cm³/mol. The van der Waals surface area contributed by atoms with Crippen molar-refractivity contribution in [2.24, 2.45) is 0 Å². The molecule has 0 spiro atoms. The SMILES string of the molecule is CCN(CC)CCN(C(=O)CS(=O)(=O)c1ccc(C)cc1)c1nc2ccc([N+](=O)[O-])cc2s1.Cl. The fourth-order valence-electron chi connectivity index (χ4n) is 3.31. The molecule has 9 nitrogen and oxygen atoms in total. The summed E-state index contributed by atoms with van der Waals surface area (Å²) in [5.74, 6) is -1.28. The summed E-state index contributed by atoms with van der Waals surface area (Å²) in [6, 6.07) is 10.7. The lowest BCUT2D eigenvalue weighted by atomic mass is 10.2. The summed E-state index contributed by atoms with van der Waals surface area (Å²) in [6.07, 6.45) is 0. The highest BCUT2D eigenvalue weighted by molar-refractivity contribution is 7.92. The molecule has 184 valence electrons. The normalized spacial score (nSPS) is 11.4. The Balaban J connectivity index is 0.00000408. The summed E-state index contributed by atoms with van der Waals surface area (Å²) in [7, 11) is -3.84. The Morgan fingerprint density at radius 1 is 1.09 bits per heavy atom. The average Bonchev–Trinajstić information content (AvgIpc) is 3.19. The van der Waals surface area contributed by atoms with Crippen LogP contribution >= 0.6 is 23.7 Å². The summed E-state index contributed by atoms with van der Waals surface area (Å²) < 4.78 is 26.3. The first-order chi connectivity index (χ1) is 15.6. The van der Waals surface area contributed by atoms with Crippen LogP contribution in [0.25, 0.3) is 10.2 Å². The van der Waals surface area contributed by atoms with Gasteiger partial charge in [0.25, 0.3) is 5.69 Å². The molecule has 34 heavy (non-hydrogen) atoms. The number of likely N-dealkylation sites (N-methyl/N-ethyl adjacent to an activating group) is 1. The number of amides is 1. The molecule has 0 N–H and O–H groups in total. The molecule has 0 aliphatic rings. The van der Waals surface area contributed by atoms with Gasteiger partial charge >= 0.3 is 0 Å². The number of sulfone groups is 1. The number of thiazole rings is 1. The number of nitro benzene ring substituents is 1. The Morgan fingerprint density at radius 3 is 2.32 bits per heavy atom. The van der Waals surface area contributed by atoms with Crippen LogP contribution in [-0.2, 0) is 14.6 Å². The number of nitro groups is 1. The van der Waals surface area contributed by atoms with E-state index in [0.29, 0.717) is 21.9 Å². The van der Waals surface area contributed by atoms with Gasteiger partial charge < -0.3 is 4.90 Å². The van der Waals surface area contributed by atoms with Gasteiger partial charge in [0.1, 0.15) is 5.75 Å². The lowest BCUT2D eigenvalue weighted by molar-refractivity contribution is -0.384.